The van der Waals surface area contributed by atoms with Gasteiger partial charge in [0.05, 0.1) is 12.0 Å². The van der Waals surface area contributed by atoms with Gasteiger partial charge in [-0.05, 0) is 42.5 Å². The summed E-state index contributed by atoms with van der Waals surface area (Å²) in [5, 5.41) is 1.04. The largest absolute Gasteiger partial charge is 0.461 e. The van der Waals surface area contributed by atoms with Crippen molar-refractivity contribution in [3.63, 3.8) is 0 Å². The molecule has 148 valence electrons. The van der Waals surface area contributed by atoms with Crippen LogP contribution in [0.1, 0.15) is 41.6 Å². The highest BCUT2D eigenvalue weighted by Crippen LogP contribution is 2.37. The van der Waals surface area contributed by atoms with Crippen LogP contribution in [0.4, 0.5) is 5.82 Å². The fraction of sp³-hybridized carbons (Fsp3) is 0.381. The highest BCUT2D eigenvalue weighted by Gasteiger charge is 2.23. The van der Waals surface area contributed by atoms with E-state index in [1.54, 1.807) is 0 Å². The van der Waals surface area contributed by atoms with Crippen LogP contribution in [0.15, 0.2) is 30.3 Å². The molecule has 0 aliphatic carbocycles. The quantitative estimate of drug-likeness (QED) is 0.375. The SMILES string of the molecule is CCN(Cc1ccccc1)c1nc(Cl)nc2sc(C(=O)OCC(C)C)c(C)c12. The monoisotopic (exact) mass is 417 g/mol. The van der Waals surface area contributed by atoms with Gasteiger partial charge in [-0.2, -0.15) is 4.98 Å². The van der Waals surface area contributed by atoms with Crippen LogP contribution in [0.3, 0.4) is 0 Å². The Morgan fingerprint density at radius 3 is 2.61 bits per heavy atom. The van der Waals surface area contributed by atoms with E-state index in [2.05, 4.69) is 33.9 Å². The van der Waals surface area contributed by atoms with Crippen molar-refractivity contribution in [2.45, 2.75) is 34.2 Å². The number of halogens is 1. The molecule has 28 heavy (non-hydrogen) atoms. The van der Waals surface area contributed by atoms with E-state index < -0.39 is 0 Å². The van der Waals surface area contributed by atoms with E-state index in [0.29, 0.717) is 22.9 Å². The van der Waals surface area contributed by atoms with Gasteiger partial charge < -0.3 is 9.64 Å². The molecule has 0 amide bonds. The summed E-state index contributed by atoms with van der Waals surface area (Å²) >= 11 is 7.52. The van der Waals surface area contributed by atoms with Gasteiger partial charge in [-0.1, -0.05) is 44.2 Å². The molecule has 3 rings (SSSR count). The molecule has 0 aliphatic heterocycles. The minimum Gasteiger partial charge on any atom is -0.461 e. The van der Waals surface area contributed by atoms with Gasteiger partial charge in [0.1, 0.15) is 15.5 Å². The van der Waals surface area contributed by atoms with Gasteiger partial charge in [0.25, 0.3) is 0 Å². The number of esters is 1. The van der Waals surface area contributed by atoms with Crippen LogP contribution in [0.5, 0.6) is 0 Å². The second-order valence-electron chi connectivity index (χ2n) is 7.04. The number of hydrogen-bond acceptors (Lipinski definition) is 6. The number of aromatic nitrogens is 2. The van der Waals surface area contributed by atoms with Crippen molar-refractivity contribution in [2.24, 2.45) is 5.92 Å². The molecule has 5 nitrogen and oxygen atoms in total. The molecule has 2 aromatic heterocycles. The molecule has 0 bridgehead atoms. The maximum absolute atomic E-state index is 12.6. The minimum absolute atomic E-state index is 0.178. The number of hydrogen-bond donors (Lipinski definition) is 0. The molecule has 0 fully saturated rings. The Morgan fingerprint density at radius 2 is 1.96 bits per heavy atom. The molecular weight excluding hydrogens is 394 g/mol. The highest BCUT2D eigenvalue weighted by molar-refractivity contribution is 7.20. The second-order valence-corrected chi connectivity index (χ2v) is 8.38. The normalized spacial score (nSPS) is 11.2. The number of carbonyl (C=O) groups is 1. The average molecular weight is 418 g/mol. The molecule has 1 aromatic carbocycles. The smallest absolute Gasteiger partial charge is 0.348 e. The number of carbonyl (C=O) groups excluding carboxylic acids is 1. The van der Waals surface area contributed by atoms with Crippen molar-refractivity contribution in [3.8, 4) is 0 Å². The van der Waals surface area contributed by atoms with Gasteiger partial charge >= 0.3 is 5.97 Å². The Kier molecular flexibility index (Phi) is 6.52. The first-order chi connectivity index (χ1) is 13.4. The number of ether oxygens (including phenoxy) is 1. The summed E-state index contributed by atoms with van der Waals surface area (Å²) in [6, 6.07) is 10.2. The van der Waals surface area contributed by atoms with Gasteiger partial charge in [0, 0.05) is 13.1 Å². The minimum atomic E-state index is -0.317. The summed E-state index contributed by atoms with van der Waals surface area (Å²) in [5.41, 5.74) is 2.02. The van der Waals surface area contributed by atoms with Crippen molar-refractivity contribution in [2.75, 3.05) is 18.1 Å². The van der Waals surface area contributed by atoms with E-state index in [1.807, 2.05) is 39.0 Å². The zero-order valence-corrected chi connectivity index (χ0v) is 18.1. The predicted molar refractivity (Wildman–Crippen MR) is 115 cm³/mol. The molecule has 0 radical (unpaired) electrons. The Bertz CT molecular complexity index is 973. The number of anilines is 1. The number of rotatable bonds is 7. The Balaban J connectivity index is 2.03. The van der Waals surface area contributed by atoms with Crippen LogP contribution in [0, 0.1) is 12.8 Å². The van der Waals surface area contributed by atoms with Gasteiger partial charge in [0.2, 0.25) is 5.28 Å². The molecule has 0 unspecified atom stereocenters. The molecular formula is C21H24ClN3O2S. The number of thiophene rings is 1. The van der Waals surface area contributed by atoms with Crippen molar-refractivity contribution >= 4 is 44.9 Å². The molecule has 0 saturated carbocycles. The van der Waals surface area contributed by atoms with Crippen LogP contribution < -0.4 is 4.90 Å². The lowest BCUT2D eigenvalue weighted by Gasteiger charge is -2.23. The van der Waals surface area contributed by atoms with Crippen molar-refractivity contribution in [1.82, 2.24) is 9.97 Å². The number of nitrogens with zero attached hydrogens (tertiary/aromatic N) is 3. The van der Waals surface area contributed by atoms with Crippen molar-refractivity contribution in [1.29, 1.82) is 0 Å². The number of fused-ring (bicyclic) bond motifs is 1. The number of aryl methyl sites for hydroxylation is 1. The summed E-state index contributed by atoms with van der Waals surface area (Å²) < 4.78 is 5.43. The van der Waals surface area contributed by atoms with Crippen molar-refractivity contribution in [3.05, 3.63) is 51.6 Å². The second kappa shape index (κ2) is 8.88. The van der Waals surface area contributed by atoms with Crippen LogP contribution in [0.2, 0.25) is 5.28 Å². The standard InChI is InChI=1S/C21H24ClN3O2S/c1-5-25(11-15-9-7-6-8-10-15)18-16-14(4)17(20(26)27-12-13(2)3)28-19(16)24-21(22)23-18/h6-10,13H,5,11-12H2,1-4H3. The molecule has 2 heterocycles. The van der Waals surface area contributed by atoms with E-state index in [-0.39, 0.29) is 17.2 Å². The molecule has 0 atom stereocenters. The first-order valence-corrected chi connectivity index (χ1v) is 10.5. The van der Waals surface area contributed by atoms with Crippen LogP contribution in [-0.2, 0) is 11.3 Å². The van der Waals surface area contributed by atoms with Gasteiger partial charge in [-0.25, -0.2) is 9.78 Å². The van der Waals surface area contributed by atoms with Gasteiger partial charge in [0.15, 0.2) is 0 Å². The Hall–Kier alpha value is -2.18. The lowest BCUT2D eigenvalue weighted by atomic mass is 10.1. The van der Waals surface area contributed by atoms with Gasteiger partial charge in [-0.15, -0.1) is 11.3 Å². The maximum atomic E-state index is 12.6. The lowest BCUT2D eigenvalue weighted by Crippen LogP contribution is -2.23. The maximum Gasteiger partial charge on any atom is 0.348 e. The summed E-state index contributed by atoms with van der Waals surface area (Å²) in [7, 11) is 0. The van der Waals surface area contributed by atoms with E-state index in [4.69, 9.17) is 16.3 Å². The first kappa shape index (κ1) is 20.6. The number of benzene rings is 1. The summed E-state index contributed by atoms with van der Waals surface area (Å²) in [4.78, 5) is 24.8. The third kappa shape index (κ3) is 4.45. The molecule has 3 aromatic rings. The first-order valence-electron chi connectivity index (χ1n) is 9.33. The van der Waals surface area contributed by atoms with Crippen LogP contribution >= 0.6 is 22.9 Å². The van der Waals surface area contributed by atoms with Gasteiger partial charge in [-0.3, -0.25) is 0 Å². The third-order valence-electron chi connectivity index (χ3n) is 4.37. The molecule has 0 spiro atoms. The summed E-state index contributed by atoms with van der Waals surface area (Å²) in [5.74, 6) is 0.713. The third-order valence-corrected chi connectivity index (χ3v) is 5.71. The molecule has 0 saturated heterocycles. The lowest BCUT2D eigenvalue weighted by molar-refractivity contribution is 0.0464. The van der Waals surface area contributed by atoms with Crippen LogP contribution in [-0.4, -0.2) is 29.1 Å². The molecule has 0 N–H and O–H groups in total. The Morgan fingerprint density at radius 1 is 1.25 bits per heavy atom. The average Bonchev–Trinajstić information content (AvgIpc) is 3.00. The summed E-state index contributed by atoms with van der Waals surface area (Å²) in [6.07, 6.45) is 0. The van der Waals surface area contributed by atoms with E-state index in [1.165, 1.54) is 16.9 Å². The summed E-state index contributed by atoms with van der Waals surface area (Å²) in [6.45, 7) is 9.85. The fourth-order valence-corrected chi connectivity index (χ4v) is 4.25. The topological polar surface area (TPSA) is 55.3 Å². The zero-order valence-electron chi connectivity index (χ0n) is 16.5. The zero-order chi connectivity index (χ0) is 20.3. The molecule has 7 heteroatoms. The highest BCUT2D eigenvalue weighted by atomic mass is 35.5. The Labute approximate surface area is 174 Å². The fourth-order valence-electron chi connectivity index (χ4n) is 2.96. The molecule has 0 aliphatic rings. The predicted octanol–water partition coefficient (Wildman–Crippen LogP) is 5.49. The van der Waals surface area contributed by atoms with Crippen molar-refractivity contribution < 1.29 is 9.53 Å². The van der Waals surface area contributed by atoms with Crippen LogP contribution in [0.25, 0.3) is 10.2 Å². The van der Waals surface area contributed by atoms with E-state index in [0.717, 1.165) is 23.3 Å². The van der Waals surface area contributed by atoms with E-state index in [9.17, 15) is 4.79 Å². The van der Waals surface area contributed by atoms with E-state index >= 15 is 0 Å².